The molecule has 3 aromatic rings. The van der Waals surface area contributed by atoms with Crippen molar-refractivity contribution < 1.29 is 9.59 Å². The zero-order valence-electron chi connectivity index (χ0n) is 17.6. The van der Waals surface area contributed by atoms with Crippen LogP contribution in [0.2, 0.25) is 0 Å². The number of nitrogens with zero attached hydrogens (tertiary/aromatic N) is 2. The number of ketones is 2. The molecular formula is C22H24BrN3O3S. The second-order valence-corrected chi connectivity index (χ2v) is 9.54. The Labute approximate surface area is 187 Å². The number of aryl methyl sites for hydroxylation is 1. The molecule has 1 aromatic carbocycles. The summed E-state index contributed by atoms with van der Waals surface area (Å²) in [6.07, 6.45) is 0.772. The van der Waals surface area contributed by atoms with Crippen LogP contribution in [0.5, 0.6) is 0 Å². The highest BCUT2D eigenvalue weighted by molar-refractivity contribution is 9.10. The second kappa shape index (κ2) is 8.89. The summed E-state index contributed by atoms with van der Waals surface area (Å²) in [5.41, 5.74) is 2.84. The van der Waals surface area contributed by atoms with E-state index >= 15 is 0 Å². The Hall–Kier alpha value is -2.19. The van der Waals surface area contributed by atoms with Gasteiger partial charge in [0.05, 0.1) is 21.8 Å². The largest absolute Gasteiger partial charge is 0.355 e. The number of aromatic amines is 1. The molecule has 0 spiro atoms. The van der Waals surface area contributed by atoms with E-state index in [1.54, 1.807) is 37.5 Å². The van der Waals surface area contributed by atoms with Crippen LogP contribution in [0.25, 0.3) is 10.9 Å². The van der Waals surface area contributed by atoms with Gasteiger partial charge in [-0.3, -0.25) is 19.0 Å². The molecule has 0 amide bonds. The Morgan fingerprint density at radius 1 is 1.30 bits per heavy atom. The third-order valence-electron chi connectivity index (χ3n) is 5.02. The number of Topliss-reactive ketones (excluding diaryl/α,β-unsaturated/α-hetero) is 2. The Morgan fingerprint density at radius 3 is 2.60 bits per heavy atom. The predicted octanol–water partition coefficient (Wildman–Crippen LogP) is 5.08. The molecule has 8 heteroatoms. The lowest BCUT2D eigenvalue weighted by Gasteiger charge is -2.15. The maximum absolute atomic E-state index is 13.1. The molecular weight excluding hydrogens is 466 g/mol. The maximum Gasteiger partial charge on any atom is 0.262 e. The monoisotopic (exact) mass is 489 g/mol. The fourth-order valence-electron chi connectivity index (χ4n) is 3.62. The molecule has 0 aliphatic rings. The van der Waals surface area contributed by atoms with E-state index in [1.165, 1.54) is 18.7 Å². The molecule has 0 radical (unpaired) electrons. The standard InChI is InChI=1S/C22H24BrN3O3S/c1-6-9-26-21(29)16-10-15(23)7-8-17(16)25-22(26)30-14(5)20(28)19-11(2)18(13(4)27)12(3)24-19/h7-8,10,14,24H,6,9H2,1-5H3. The first kappa shape index (κ1) is 22.5. The SMILES string of the molecule is CCCn1c(SC(C)C(=O)c2[nH]c(C)c(C(C)=O)c2C)nc2ccc(Br)cc2c1=O. The van der Waals surface area contributed by atoms with Crippen LogP contribution in [0.1, 0.15) is 59.3 Å². The number of hydrogen-bond donors (Lipinski definition) is 1. The number of halogens is 1. The van der Waals surface area contributed by atoms with E-state index in [0.717, 1.165) is 10.9 Å². The number of carbonyl (C=O) groups excluding carboxylic acids is 2. The topological polar surface area (TPSA) is 84.8 Å². The molecule has 0 bridgehead atoms. The van der Waals surface area contributed by atoms with Gasteiger partial charge < -0.3 is 4.98 Å². The number of nitrogens with one attached hydrogen (secondary N) is 1. The average Bonchev–Trinajstić information content (AvgIpc) is 2.99. The van der Waals surface area contributed by atoms with Crippen LogP contribution in [-0.2, 0) is 6.54 Å². The minimum absolute atomic E-state index is 0.0697. The maximum atomic E-state index is 13.1. The summed E-state index contributed by atoms with van der Waals surface area (Å²) >= 11 is 4.67. The fraction of sp³-hybridized carbons (Fsp3) is 0.364. The molecule has 0 fully saturated rings. The van der Waals surface area contributed by atoms with Gasteiger partial charge in [-0.1, -0.05) is 34.6 Å². The predicted molar refractivity (Wildman–Crippen MR) is 124 cm³/mol. The van der Waals surface area contributed by atoms with Crippen molar-refractivity contribution in [3.8, 4) is 0 Å². The van der Waals surface area contributed by atoms with Crippen molar-refractivity contribution in [1.82, 2.24) is 14.5 Å². The summed E-state index contributed by atoms with van der Waals surface area (Å²) in [6, 6.07) is 5.41. The number of thioether (sulfide) groups is 1. The van der Waals surface area contributed by atoms with Gasteiger partial charge in [-0.05, 0) is 57.9 Å². The van der Waals surface area contributed by atoms with Crippen molar-refractivity contribution in [2.75, 3.05) is 0 Å². The molecule has 2 aromatic heterocycles. The number of rotatable bonds is 7. The smallest absolute Gasteiger partial charge is 0.262 e. The van der Waals surface area contributed by atoms with E-state index < -0.39 is 5.25 Å². The summed E-state index contributed by atoms with van der Waals surface area (Å²) < 4.78 is 2.46. The Kier molecular flexibility index (Phi) is 6.67. The lowest BCUT2D eigenvalue weighted by atomic mass is 10.0. The first-order valence-electron chi connectivity index (χ1n) is 9.76. The highest BCUT2D eigenvalue weighted by Gasteiger charge is 2.26. The Balaban J connectivity index is 2.01. The third-order valence-corrected chi connectivity index (χ3v) is 6.60. The summed E-state index contributed by atoms with van der Waals surface area (Å²) in [6.45, 7) is 9.38. The van der Waals surface area contributed by atoms with Gasteiger partial charge in [0, 0.05) is 22.3 Å². The molecule has 0 aliphatic heterocycles. The summed E-state index contributed by atoms with van der Waals surface area (Å²) in [5, 5.41) is 0.581. The summed E-state index contributed by atoms with van der Waals surface area (Å²) in [5.74, 6) is -0.193. The molecule has 3 rings (SSSR count). The highest BCUT2D eigenvalue weighted by Crippen LogP contribution is 2.28. The third kappa shape index (κ3) is 4.16. The van der Waals surface area contributed by atoms with Gasteiger partial charge in [0.15, 0.2) is 16.7 Å². The van der Waals surface area contributed by atoms with E-state index in [0.29, 0.717) is 45.1 Å². The van der Waals surface area contributed by atoms with E-state index in [-0.39, 0.29) is 17.1 Å². The Morgan fingerprint density at radius 2 is 2.00 bits per heavy atom. The van der Waals surface area contributed by atoms with Gasteiger partial charge in [-0.25, -0.2) is 4.98 Å². The number of carbonyl (C=O) groups is 2. The quantitative estimate of drug-likeness (QED) is 0.284. The van der Waals surface area contributed by atoms with Gasteiger partial charge in [0.1, 0.15) is 0 Å². The molecule has 1 atom stereocenters. The van der Waals surface area contributed by atoms with Crippen molar-refractivity contribution in [3.63, 3.8) is 0 Å². The molecule has 0 saturated heterocycles. The Bertz CT molecular complexity index is 1210. The van der Waals surface area contributed by atoms with Crippen molar-refractivity contribution in [1.29, 1.82) is 0 Å². The first-order valence-corrected chi connectivity index (χ1v) is 11.4. The van der Waals surface area contributed by atoms with Gasteiger partial charge in [0.2, 0.25) is 0 Å². The average molecular weight is 490 g/mol. The number of fused-ring (bicyclic) bond motifs is 1. The molecule has 158 valence electrons. The number of benzene rings is 1. The molecule has 1 unspecified atom stereocenters. The molecule has 0 saturated carbocycles. The van der Waals surface area contributed by atoms with Gasteiger partial charge >= 0.3 is 0 Å². The van der Waals surface area contributed by atoms with Gasteiger partial charge in [0.25, 0.3) is 5.56 Å². The number of aromatic nitrogens is 3. The normalized spacial score (nSPS) is 12.3. The minimum atomic E-state index is -0.482. The van der Waals surface area contributed by atoms with E-state index in [9.17, 15) is 14.4 Å². The van der Waals surface area contributed by atoms with Crippen molar-refractivity contribution >= 4 is 50.2 Å². The van der Waals surface area contributed by atoms with Crippen molar-refractivity contribution in [2.24, 2.45) is 0 Å². The molecule has 0 aliphatic carbocycles. The fourth-order valence-corrected chi connectivity index (χ4v) is 4.98. The lowest BCUT2D eigenvalue weighted by Crippen LogP contribution is -2.25. The van der Waals surface area contributed by atoms with Crippen LogP contribution in [0.3, 0.4) is 0 Å². The number of hydrogen-bond acceptors (Lipinski definition) is 5. The minimum Gasteiger partial charge on any atom is -0.355 e. The van der Waals surface area contributed by atoms with Crippen LogP contribution >= 0.6 is 27.7 Å². The van der Waals surface area contributed by atoms with Crippen LogP contribution in [-0.4, -0.2) is 31.4 Å². The van der Waals surface area contributed by atoms with Gasteiger partial charge in [-0.15, -0.1) is 0 Å². The van der Waals surface area contributed by atoms with Crippen LogP contribution in [0.15, 0.2) is 32.6 Å². The van der Waals surface area contributed by atoms with Gasteiger partial charge in [-0.2, -0.15) is 0 Å². The number of H-pyrrole nitrogens is 1. The highest BCUT2D eigenvalue weighted by atomic mass is 79.9. The van der Waals surface area contributed by atoms with Crippen molar-refractivity contribution in [2.45, 2.75) is 58.0 Å². The summed E-state index contributed by atoms with van der Waals surface area (Å²) in [4.78, 5) is 45.8. The van der Waals surface area contributed by atoms with E-state index in [4.69, 9.17) is 0 Å². The van der Waals surface area contributed by atoms with Crippen LogP contribution < -0.4 is 5.56 Å². The van der Waals surface area contributed by atoms with Crippen LogP contribution in [0, 0.1) is 13.8 Å². The van der Waals surface area contributed by atoms with E-state index in [2.05, 4.69) is 25.9 Å². The summed E-state index contributed by atoms with van der Waals surface area (Å²) in [7, 11) is 0. The zero-order chi connectivity index (χ0) is 22.2. The molecule has 2 heterocycles. The second-order valence-electron chi connectivity index (χ2n) is 7.32. The molecule has 1 N–H and O–H groups in total. The lowest BCUT2D eigenvalue weighted by molar-refractivity contribution is 0.0988. The molecule has 6 nitrogen and oxygen atoms in total. The molecule has 30 heavy (non-hydrogen) atoms. The zero-order valence-corrected chi connectivity index (χ0v) is 20.0. The van der Waals surface area contributed by atoms with Crippen molar-refractivity contribution in [3.05, 3.63) is 55.5 Å². The van der Waals surface area contributed by atoms with E-state index in [1.807, 2.05) is 13.0 Å². The van der Waals surface area contributed by atoms with Crippen LogP contribution in [0.4, 0.5) is 0 Å². The first-order chi connectivity index (χ1) is 14.1.